The van der Waals surface area contributed by atoms with Gasteiger partial charge in [-0.1, -0.05) is 0 Å². The summed E-state index contributed by atoms with van der Waals surface area (Å²) in [6, 6.07) is 9.67. The van der Waals surface area contributed by atoms with Crippen LogP contribution in [0.5, 0.6) is 5.88 Å². The summed E-state index contributed by atoms with van der Waals surface area (Å²) in [6.45, 7) is 3.40. The Morgan fingerprint density at radius 3 is 2.90 bits per heavy atom. The van der Waals surface area contributed by atoms with Crippen LogP contribution < -0.4 is 16.0 Å². The molecule has 4 rings (SSSR count). The second-order valence-corrected chi connectivity index (χ2v) is 7.07. The van der Waals surface area contributed by atoms with E-state index < -0.39 is 0 Å². The summed E-state index contributed by atoms with van der Waals surface area (Å²) in [6.07, 6.45) is 6.06. The Morgan fingerprint density at radius 2 is 2.13 bits per heavy atom. The molecule has 162 valence electrons. The second-order valence-electron chi connectivity index (χ2n) is 7.07. The van der Waals surface area contributed by atoms with Crippen molar-refractivity contribution < 1.29 is 14.3 Å². The van der Waals surface area contributed by atoms with E-state index in [2.05, 4.69) is 20.4 Å². The number of piperidine rings is 1. The number of fused-ring (bicyclic) bond motifs is 1. The molecule has 0 spiro atoms. The molecule has 1 amide bonds. The van der Waals surface area contributed by atoms with Crippen molar-refractivity contribution in [3.05, 3.63) is 42.9 Å². The van der Waals surface area contributed by atoms with Crippen molar-refractivity contribution in [3.63, 3.8) is 0 Å². The number of amides is 1. The maximum atomic E-state index is 11.8. The van der Waals surface area contributed by atoms with Crippen LogP contribution in [0.4, 0.5) is 10.5 Å². The molecule has 2 aromatic heterocycles. The third-order valence-electron chi connectivity index (χ3n) is 5.09. The summed E-state index contributed by atoms with van der Waals surface area (Å²) in [5.41, 5.74) is 4.18. The van der Waals surface area contributed by atoms with Gasteiger partial charge in [-0.05, 0) is 31.2 Å². The fraction of sp³-hybridized carbons (Fsp3) is 0.333. The highest BCUT2D eigenvalue weighted by molar-refractivity contribution is 5.85. The van der Waals surface area contributed by atoms with Gasteiger partial charge < -0.3 is 24.4 Å². The normalized spacial score (nSPS) is 14.8. The quantitative estimate of drug-likeness (QED) is 0.271. The molecule has 0 saturated carbocycles. The van der Waals surface area contributed by atoms with Gasteiger partial charge >= 0.3 is 6.09 Å². The lowest BCUT2D eigenvalue weighted by Crippen LogP contribution is -2.42. The minimum Gasteiger partial charge on any atom is -0.474 e. The van der Waals surface area contributed by atoms with Gasteiger partial charge in [-0.2, -0.15) is 0 Å². The minimum absolute atomic E-state index is 0.00796. The van der Waals surface area contributed by atoms with Crippen LogP contribution in [0.15, 0.2) is 47.8 Å². The summed E-state index contributed by atoms with van der Waals surface area (Å²) in [5.74, 6) is 6.45. The first-order valence-electron chi connectivity index (χ1n) is 10.2. The van der Waals surface area contributed by atoms with E-state index in [9.17, 15) is 4.79 Å². The summed E-state index contributed by atoms with van der Waals surface area (Å²) in [4.78, 5) is 26.4. The highest BCUT2D eigenvalue weighted by Gasteiger charge is 2.25. The molecule has 10 heteroatoms. The van der Waals surface area contributed by atoms with Crippen molar-refractivity contribution in [1.29, 1.82) is 0 Å². The summed E-state index contributed by atoms with van der Waals surface area (Å²) >= 11 is 0. The van der Waals surface area contributed by atoms with Crippen LogP contribution in [-0.4, -0.2) is 57.7 Å². The lowest BCUT2D eigenvalue weighted by molar-refractivity contribution is 0.0688. The number of hydrogen-bond donors (Lipinski definition) is 2. The van der Waals surface area contributed by atoms with Crippen molar-refractivity contribution in [2.45, 2.75) is 25.9 Å². The Hall–Kier alpha value is -3.66. The van der Waals surface area contributed by atoms with Gasteiger partial charge in [0.25, 0.3) is 0 Å². The van der Waals surface area contributed by atoms with Gasteiger partial charge in [0.1, 0.15) is 24.6 Å². The third kappa shape index (κ3) is 4.75. The van der Waals surface area contributed by atoms with Gasteiger partial charge in [-0.25, -0.2) is 25.6 Å². The number of nitrogens with one attached hydrogen (secondary N) is 1. The number of hydrazine groups is 1. The first-order chi connectivity index (χ1) is 15.2. The number of benzene rings is 1. The van der Waals surface area contributed by atoms with Gasteiger partial charge in [-0.15, -0.1) is 0 Å². The number of nitrogens with two attached hydrogens (primary N) is 1. The molecular formula is C21H25N7O3. The molecule has 1 aliphatic rings. The molecule has 3 N–H and O–H groups in total. The highest BCUT2D eigenvalue weighted by Crippen LogP contribution is 2.25. The minimum atomic E-state index is -0.266. The van der Waals surface area contributed by atoms with Crippen LogP contribution in [-0.2, 0) is 4.74 Å². The number of rotatable bonds is 6. The predicted octanol–water partition coefficient (Wildman–Crippen LogP) is 2.54. The first-order valence-corrected chi connectivity index (χ1v) is 10.2. The molecule has 0 unspecified atom stereocenters. The zero-order valence-corrected chi connectivity index (χ0v) is 17.3. The zero-order chi connectivity index (χ0) is 21.6. The van der Waals surface area contributed by atoms with Crippen LogP contribution in [0, 0.1) is 0 Å². The van der Waals surface area contributed by atoms with Gasteiger partial charge in [-0.3, -0.25) is 0 Å². The first kappa shape index (κ1) is 20.6. The number of ether oxygens (including phenoxy) is 2. The molecule has 31 heavy (non-hydrogen) atoms. The highest BCUT2D eigenvalue weighted by atomic mass is 16.6. The molecule has 0 radical (unpaired) electrons. The predicted molar refractivity (Wildman–Crippen MR) is 117 cm³/mol. The molecule has 3 heterocycles. The van der Waals surface area contributed by atoms with Crippen LogP contribution in [0.1, 0.15) is 19.8 Å². The topological polar surface area (TPSA) is 120 Å². The van der Waals surface area contributed by atoms with E-state index in [1.54, 1.807) is 11.8 Å². The van der Waals surface area contributed by atoms with E-state index in [4.69, 9.17) is 15.3 Å². The van der Waals surface area contributed by atoms with Crippen LogP contribution in [0.3, 0.4) is 0 Å². The molecular weight excluding hydrogens is 398 g/mol. The Balaban J connectivity index is 1.45. The molecule has 10 nitrogen and oxygen atoms in total. The Morgan fingerprint density at radius 1 is 1.29 bits per heavy atom. The zero-order valence-electron chi connectivity index (χ0n) is 17.3. The van der Waals surface area contributed by atoms with E-state index >= 15 is 0 Å². The van der Waals surface area contributed by atoms with E-state index in [0.717, 1.165) is 29.4 Å². The standard InChI is InChI=1S/C21H25N7O3/c1-2-30-21(29)27-8-6-17(7-9-27)31-20-12-19(24-13-25-20)28-10-5-15-11-16(23-14-26-22)3-4-18(15)28/h3-5,10-14,17H,2,6-9,22H2,1H3,(H,23,26). The van der Waals surface area contributed by atoms with Crippen molar-refractivity contribution in [2.24, 2.45) is 10.8 Å². The molecule has 1 aliphatic heterocycles. The average Bonchev–Trinajstić information content (AvgIpc) is 3.22. The Kier molecular flexibility index (Phi) is 6.27. The van der Waals surface area contributed by atoms with Crippen molar-refractivity contribution in [1.82, 2.24) is 24.9 Å². The molecule has 1 fully saturated rings. The number of nitrogens with zero attached hydrogens (tertiary/aromatic N) is 5. The van der Waals surface area contributed by atoms with E-state index in [1.807, 2.05) is 41.1 Å². The van der Waals surface area contributed by atoms with E-state index in [0.29, 0.717) is 31.4 Å². The maximum Gasteiger partial charge on any atom is 0.409 e. The van der Waals surface area contributed by atoms with Crippen LogP contribution in [0.25, 0.3) is 16.7 Å². The molecule has 0 atom stereocenters. The average molecular weight is 423 g/mol. The number of aliphatic imine (C=N–C) groups is 1. The van der Waals surface area contributed by atoms with Crippen LogP contribution >= 0.6 is 0 Å². The van der Waals surface area contributed by atoms with Gasteiger partial charge in [0, 0.05) is 43.6 Å². The Labute approximate surface area is 179 Å². The fourth-order valence-corrected chi connectivity index (χ4v) is 3.59. The molecule has 3 aromatic rings. The van der Waals surface area contributed by atoms with Gasteiger partial charge in [0.15, 0.2) is 0 Å². The number of aromatic nitrogens is 3. The molecule has 0 aliphatic carbocycles. The van der Waals surface area contributed by atoms with Crippen molar-refractivity contribution in [3.8, 4) is 11.7 Å². The summed E-state index contributed by atoms with van der Waals surface area (Å²) < 4.78 is 13.1. The summed E-state index contributed by atoms with van der Waals surface area (Å²) in [7, 11) is 0. The fourth-order valence-electron chi connectivity index (χ4n) is 3.59. The summed E-state index contributed by atoms with van der Waals surface area (Å²) in [5, 5.41) is 1.03. The number of likely N-dealkylation sites (tertiary alicyclic amines) is 1. The number of hydrogen-bond acceptors (Lipinski definition) is 7. The smallest absolute Gasteiger partial charge is 0.409 e. The van der Waals surface area contributed by atoms with Gasteiger partial charge in [0.2, 0.25) is 5.88 Å². The maximum absolute atomic E-state index is 11.8. The van der Waals surface area contributed by atoms with Gasteiger partial charge in [0.05, 0.1) is 17.8 Å². The lowest BCUT2D eigenvalue weighted by Gasteiger charge is -2.31. The van der Waals surface area contributed by atoms with E-state index in [1.165, 1.54) is 12.7 Å². The lowest BCUT2D eigenvalue weighted by atomic mass is 10.1. The molecule has 0 bridgehead atoms. The molecule has 1 aromatic carbocycles. The van der Waals surface area contributed by atoms with E-state index in [-0.39, 0.29) is 12.2 Å². The van der Waals surface area contributed by atoms with Crippen molar-refractivity contribution >= 4 is 29.0 Å². The number of carbonyl (C=O) groups is 1. The largest absolute Gasteiger partial charge is 0.474 e. The molecule has 1 saturated heterocycles. The number of carbonyl (C=O) groups excluding carboxylic acids is 1. The SMILES string of the molecule is CCOC(=O)N1CCC(Oc2cc(-n3ccc4cc(N=CNN)ccc43)ncn2)CC1. The van der Waals surface area contributed by atoms with Crippen LogP contribution in [0.2, 0.25) is 0 Å². The monoisotopic (exact) mass is 423 g/mol. The Bertz CT molecular complexity index is 1070. The van der Waals surface area contributed by atoms with Crippen molar-refractivity contribution in [2.75, 3.05) is 19.7 Å². The third-order valence-corrected chi connectivity index (χ3v) is 5.09. The second kappa shape index (κ2) is 9.43.